The Balaban J connectivity index is 0.00000151. The monoisotopic (exact) mass is 380 g/mol. The summed E-state index contributed by atoms with van der Waals surface area (Å²) in [5.74, 6) is -9.53. The third-order valence-corrected chi connectivity index (χ3v) is 3.59. The van der Waals surface area contributed by atoms with Gasteiger partial charge in [-0.1, -0.05) is 19.9 Å². The predicted octanol–water partition coefficient (Wildman–Crippen LogP) is 4.79. The van der Waals surface area contributed by atoms with E-state index in [1.165, 1.54) is 0 Å². The van der Waals surface area contributed by atoms with E-state index in [9.17, 15) is 22.0 Å². The summed E-state index contributed by atoms with van der Waals surface area (Å²) < 4.78 is 73.4. The van der Waals surface area contributed by atoms with E-state index in [2.05, 4.69) is 9.71 Å². The number of rotatable bonds is 6. The molecule has 138 valence electrons. The van der Waals surface area contributed by atoms with Gasteiger partial charge in [-0.15, -0.1) is 0 Å². The molecule has 1 N–H and O–H groups in total. The number of hydrogen-bond donors (Lipinski definition) is 1. The molecule has 1 aromatic heterocycles. The Bertz CT molecular complexity index is 669. The first-order valence-corrected chi connectivity index (χ1v) is 8.20. The highest BCUT2D eigenvalue weighted by atomic mass is 32.2. The summed E-state index contributed by atoms with van der Waals surface area (Å²) in [6.07, 6.45) is 1.60. The Labute approximate surface area is 146 Å². The smallest absolute Gasteiger partial charge is 0.213 e. The van der Waals surface area contributed by atoms with Crippen LogP contribution in [-0.4, -0.2) is 18.1 Å². The van der Waals surface area contributed by atoms with Gasteiger partial charge < -0.3 is 4.74 Å². The Kier molecular flexibility index (Phi) is 8.64. The minimum absolute atomic E-state index is 0.0957. The molecule has 0 amide bonds. The lowest BCUT2D eigenvalue weighted by Crippen LogP contribution is -2.16. The zero-order valence-electron chi connectivity index (χ0n) is 13.8. The molecule has 0 saturated carbocycles. The number of nitrogens with one attached hydrogen (secondary N) is 1. The van der Waals surface area contributed by atoms with Gasteiger partial charge in [0.25, 0.3) is 0 Å². The minimum Gasteiger partial charge on any atom is -0.476 e. The standard InChI is InChI=1S/C14H11F5N2OS.C2H6/c1-7-2-3-8(20-6-7)22-5-4-21-23-14-12(18)10(16)9(15)11(17)13(14)19;1-2/h2-3,6,21H,4-5H2,1H3;1-2H3. The zero-order chi connectivity index (χ0) is 19.0. The van der Waals surface area contributed by atoms with Crippen LogP contribution >= 0.6 is 11.9 Å². The Morgan fingerprint density at radius 3 is 2.04 bits per heavy atom. The highest BCUT2D eigenvalue weighted by Gasteiger charge is 2.25. The van der Waals surface area contributed by atoms with Crippen molar-refractivity contribution in [2.24, 2.45) is 0 Å². The summed E-state index contributed by atoms with van der Waals surface area (Å²) in [4.78, 5) is 2.99. The van der Waals surface area contributed by atoms with E-state index in [0.717, 1.165) is 5.56 Å². The Morgan fingerprint density at radius 1 is 0.960 bits per heavy atom. The lowest BCUT2D eigenvalue weighted by Gasteiger charge is -2.09. The van der Waals surface area contributed by atoms with Crippen LogP contribution in [0.3, 0.4) is 0 Å². The van der Waals surface area contributed by atoms with Crippen molar-refractivity contribution in [3.05, 3.63) is 53.0 Å². The average Bonchev–Trinajstić information content (AvgIpc) is 2.64. The van der Waals surface area contributed by atoms with Crippen molar-refractivity contribution < 1.29 is 26.7 Å². The molecule has 25 heavy (non-hydrogen) atoms. The van der Waals surface area contributed by atoms with Gasteiger partial charge in [0, 0.05) is 18.8 Å². The summed E-state index contributed by atoms with van der Waals surface area (Å²) in [6.45, 7) is 6.05. The number of nitrogens with zero attached hydrogens (tertiary/aromatic N) is 1. The van der Waals surface area contributed by atoms with Crippen LogP contribution in [0.1, 0.15) is 19.4 Å². The number of halogens is 5. The van der Waals surface area contributed by atoms with E-state index in [1.54, 1.807) is 18.3 Å². The SMILES string of the molecule is CC.Cc1ccc(OCCNSc2c(F)c(F)c(F)c(F)c2F)nc1. The van der Waals surface area contributed by atoms with Gasteiger partial charge in [-0.25, -0.2) is 26.9 Å². The molecule has 9 heteroatoms. The van der Waals surface area contributed by atoms with E-state index in [-0.39, 0.29) is 13.2 Å². The molecule has 1 aromatic carbocycles. The molecular formula is C16H17F5N2OS. The number of aryl methyl sites for hydroxylation is 1. The van der Waals surface area contributed by atoms with Gasteiger partial charge in [0.05, 0.1) is 0 Å². The van der Waals surface area contributed by atoms with Crippen LogP contribution in [0.4, 0.5) is 22.0 Å². The molecule has 1 heterocycles. The maximum absolute atomic E-state index is 13.4. The molecule has 2 rings (SSSR count). The van der Waals surface area contributed by atoms with E-state index in [0.29, 0.717) is 17.8 Å². The lowest BCUT2D eigenvalue weighted by molar-refractivity contribution is 0.312. The fourth-order valence-corrected chi connectivity index (χ4v) is 2.22. The van der Waals surface area contributed by atoms with Crippen molar-refractivity contribution in [3.63, 3.8) is 0 Å². The molecule has 2 aromatic rings. The van der Waals surface area contributed by atoms with Crippen LogP contribution in [0.25, 0.3) is 0 Å². The van der Waals surface area contributed by atoms with E-state index in [1.807, 2.05) is 20.8 Å². The maximum Gasteiger partial charge on any atom is 0.213 e. The molecule has 0 radical (unpaired) electrons. The summed E-state index contributed by atoms with van der Waals surface area (Å²) in [7, 11) is 0. The highest BCUT2D eigenvalue weighted by molar-refractivity contribution is 7.97. The second kappa shape index (κ2) is 10.2. The van der Waals surface area contributed by atoms with E-state index >= 15 is 0 Å². The van der Waals surface area contributed by atoms with Crippen molar-refractivity contribution in [1.29, 1.82) is 0 Å². The molecule has 0 aliphatic heterocycles. The fourth-order valence-electron chi connectivity index (χ4n) is 1.53. The molecule has 0 spiro atoms. The number of ether oxygens (including phenoxy) is 1. The van der Waals surface area contributed by atoms with Gasteiger partial charge in [0.2, 0.25) is 11.7 Å². The van der Waals surface area contributed by atoms with Gasteiger partial charge >= 0.3 is 0 Å². The topological polar surface area (TPSA) is 34.1 Å². The first-order chi connectivity index (χ1) is 11.9. The number of aromatic nitrogens is 1. The van der Waals surface area contributed by atoms with Crippen molar-refractivity contribution >= 4 is 11.9 Å². The molecule has 0 unspecified atom stereocenters. The van der Waals surface area contributed by atoms with Crippen LogP contribution in [-0.2, 0) is 0 Å². The van der Waals surface area contributed by atoms with Crippen LogP contribution in [0.2, 0.25) is 0 Å². The molecule has 0 aliphatic carbocycles. The number of pyridine rings is 1. The molecule has 0 atom stereocenters. The summed E-state index contributed by atoms with van der Waals surface area (Å²) in [5.41, 5.74) is 0.956. The van der Waals surface area contributed by atoms with Crippen molar-refractivity contribution in [3.8, 4) is 5.88 Å². The van der Waals surface area contributed by atoms with E-state index in [4.69, 9.17) is 4.74 Å². The largest absolute Gasteiger partial charge is 0.476 e. The van der Waals surface area contributed by atoms with E-state index < -0.39 is 34.0 Å². The lowest BCUT2D eigenvalue weighted by atomic mass is 10.3. The second-order valence-electron chi connectivity index (χ2n) is 4.42. The zero-order valence-corrected chi connectivity index (χ0v) is 14.6. The maximum atomic E-state index is 13.4. The van der Waals surface area contributed by atoms with Crippen LogP contribution < -0.4 is 9.46 Å². The molecule has 0 saturated heterocycles. The van der Waals surface area contributed by atoms with Crippen molar-refractivity contribution in [2.75, 3.05) is 13.2 Å². The van der Waals surface area contributed by atoms with Gasteiger partial charge in [0.1, 0.15) is 11.5 Å². The van der Waals surface area contributed by atoms with Crippen LogP contribution in [0.15, 0.2) is 23.2 Å². The van der Waals surface area contributed by atoms with Crippen molar-refractivity contribution in [2.45, 2.75) is 25.7 Å². The Hall–Kier alpha value is -1.87. The quantitative estimate of drug-likeness (QED) is 0.257. The average molecular weight is 380 g/mol. The normalized spacial score (nSPS) is 10.2. The second-order valence-corrected chi connectivity index (χ2v) is 5.32. The molecular weight excluding hydrogens is 363 g/mol. The first-order valence-electron chi connectivity index (χ1n) is 7.38. The van der Waals surface area contributed by atoms with Gasteiger partial charge in [-0.3, -0.25) is 4.72 Å². The highest BCUT2D eigenvalue weighted by Crippen LogP contribution is 2.29. The molecule has 0 bridgehead atoms. The third kappa shape index (κ3) is 5.57. The number of hydrogen-bond acceptors (Lipinski definition) is 4. The summed E-state index contributed by atoms with van der Waals surface area (Å²) in [5, 5.41) is 0. The summed E-state index contributed by atoms with van der Waals surface area (Å²) >= 11 is 0.301. The molecule has 0 aliphatic rings. The fraction of sp³-hybridized carbons (Fsp3) is 0.312. The minimum atomic E-state index is -2.18. The van der Waals surface area contributed by atoms with Crippen LogP contribution in [0.5, 0.6) is 5.88 Å². The number of benzene rings is 1. The molecule has 0 fully saturated rings. The summed E-state index contributed by atoms with van der Waals surface area (Å²) in [6, 6.07) is 3.44. The van der Waals surface area contributed by atoms with Crippen LogP contribution in [0, 0.1) is 36.0 Å². The predicted molar refractivity (Wildman–Crippen MR) is 85.9 cm³/mol. The van der Waals surface area contributed by atoms with Gasteiger partial charge in [-0.2, -0.15) is 0 Å². The van der Waals surface area contributed by atoms with Gasteiger partial charge in [0.15, 0.2) is 23.3 Å². The molecule has 3 nitrogen and oxygen atoms in total. The first kappa shape index (κ1) is 21.2. The van der Waals surface area contributed by atoms with Crippen molar-refractivity contribution in [1.82, 2.24) is 9.71 Å². The Morgan fingerprint density at radius 2 is 1.52 bits per heavy atom. The van der Waals surface area contributed by atoms with Gasteiger partial charge in [-0.05, 0) is 24.4 Å². The third-order valence-electron chi connectivity index (χ3n) is 2.68.